The number of aromatic nitrogens is 2. The van der Waals surface area contributed by atoms with Gasteiger partial charge in [0.25, 0.3) is 0 Å². The molecule has 0 radical (unpaired) electrons. The second kappa shape index (κ2) is 2.25. The summed E-state index contributed by atoms with van der Waals surface area (Å²) in [5, 5.41) is 0. The summed E-state index contributed by atoms with van der Waals surface area (Å²) < 4.78 is 2.23. The number of hydrogen-bond acceptors (Lipinski definition) is 2. The third-order valence-corrected chi connectivity index (χ3v) is 2.54. The topological polar surface area (TPSA) is 43.8 Å². The van der Waals surface area contributed by atoms with E-state index in [-0.39, 0.29) is 0 Å². The number of fused-ring (bicyclic) bond motifs is 1. The molecule has 1 aliphatic rings. The van der Waals surface area contributed by atoms with Gasteiger partial charge in [0.05, 0.1) is 17.4 Å². The molecule has 1 aromatic carbocycles. The third kappa shape index (κ3) is 1.00. The standard InChI is InChI=1S/C10H11N3/c11-7-1-4-9-10(5-7)13(6-12-9)8-2-3-8/h1,4-6,8H,2-3,11H2. The van der Waals surface area contributed by atoms with Gasteiger partial charge < -0.3 is 10.3 Å². The molecule has 0 spiro atoms. The van der Waals surface area contributed by atoms with E-state index in [2.05, 4.69) is 9.55 Å². The number of benzene rings is 1. The van der Waals surface area contributed by atoms with Crippen LogP contribution in [-0.4, -0.2) is 9.55 Å². The Hall–Kier alpha value is -1.51. The van der Waals surface area contributed by atoms with Gasteiger partial charge in [0, 0.05) is 11.7 Å². The van der Waals surface area contributed by atoms with Gasteiger partial charge in [-0.05, 0) is 31.0 Å². The Balaban J connectivity index is 2.29. The van der Waals surface area contributed by atoms with E-state index >= 15 is 0 Å². The second-order valence-corrected chi connectivity index (χ2v) is 3.63. The smallest absolute Gasteiger partial charge is 0.0960 e. The summed E-state index contributed by atoms with van der Waals surface area (Å²) in [7, 11) is 0. The summed E-state index contributed by atoms with van der Waals surface area (Å²) in [4.78, 5) is 4.33. The van der Waals surface area contributed by atoms with E-state index in [1.807, 2.05) is 24.5 Å². The highest BCUT2D eigenvalue weighted by atomic mass is 15.1. The molecule has 1 aliphatic carbocycles. The molecule has 0 bridgehead atoms. The Morgan fingerprint density at radius 3 is 3.00 bits per heavy atom. The van der Waals surface area contributed by atoms with Crippen LogP contribution in [0.5, 0.6) is 0 Å². The summed E-state index contributed by atoms with van der Waals surface area (Å²) in [6, 6.07) is 6.54. The zero-order valence-corrected chi connectivity index (χ0v) is 7.27. The summed E-state index contributed by atoms with van der Waals surface area (Å²) in [5.41, 5.74) is 8.76. The maximum Gasteiger partial charge on any atom is 0.0960 e. The van der Waals surface area contributed by atoms with Gasteiger partial charge in [-0.25, -0.2) is 4.98 Å². The van der Waals surface area contributed by atoms with Crippen LogP contribution in [0.15, 0.2) is 24.5 Å². The molecular weight excluding hydrogens is 162 g/mol. The Morgan fingerprint density at radius 1 is 1.38 bits per heavy atom. The quantitative estimate of drug-likeness (QED) is 0.670. The molecule has 3 rings (SSSR count). The molecule has 0 unspecified atom stereocenters. The van der Waals surface area contributed by atoms with Gasteiger partial charge in [0.2, 0.25) is 0 Å². The summed E-state index contributed by atoms with van der Waals surface area (Å²) in [5.74, 6) is 0. The highest BCUT2D eigenvalue weighted by Gasteiger charge is 2.24. The van der Waals surface area contributed by atoms with Crippen LogP contribution in [0.1, 0.15) is 18.9 Å². The fourth-order valence-corrected chi connectivity index (χ4v) is 1.69. The number of anilines is 1. The molecule has 3 nitrogen and oxygen atoms in total. The predicted octanol–water partition coefficient (Wildman–Crippen LogP) is 1.95. The molecule has 2 N–H and O–H groups in total. The fourth-order valence-electron chi connectivity index (χ4n) is 1.69. The van der Waals surface area contributed by atoms with Crippen molar-refractivity contribution >= 4 is 16.7 Å². The first kappa shape index (κ1) is 6.95. The van der Waals surface area contributed by atoms with Crippen molar-refractivity contribution in [3.8, 4) is 0 Å². The molecule has 0 atom stereocenters. The molecule has 0 amide bonds. The van der Waals surface area contributed by atoms with Crippen LogP contribution in [0, 0.1) is 0 Å². The van der Waals surface area contributed by atoms with Crippen LogP contribution < -0.4 is 5.73 Å². The number of rotatable bonds is 1. The van der Waals surface area contributed by atoms with Gasteiger partial charge in [-0.15, -0.1) is 0 Å². The van der Waals surface area contributed by atoms with Crippen LogP contribution in [0.25, 0.3) is 11.0 Å². The highest BCUT2D eigenvalue weighted by Crippen LogP contribution is 2.37. The van der Waals surface area contributed by atoms with Crippen molar-refractivity contribution in [2.45, 2.75) is 18.9 Å². The lowest BCUT2D eigenvalue weighted by Gasteiger charge is -2.00. The van der Waals surface area contributed by atoms with Gasteiger partial charge in [-0.1, -0.05) is 0 Å². The lowest BCUT2D eigenvalue weighted by molar-refractivity contribution is 0.766. The SMILES string of the molecule is Nc1ccc2ncn(C3CC3)c2c1. The molecule has 0 aliphatic heterocycles. The number of imidazole rings is 1. The lowest BCUT2D eigenvalue weighted by atomic mass is 10.3. The first-order chi connectivity index (χ1) is 6.34. The van der Waals surface area contributed by atoms with Crippen molar-refractivity contribution in [1.82, 2.24) is 9.55 Å². The summed E-state index contributed by atoms with van der Waals surface area (Å²) in [6.45, 7) is 0. The third-order valence-electron chi connectivity index (χ3n) is 2.54. The molecule has 2 aromatic rings. The van der Waals surface area contributed by atoms with E-state index < -0.39 is 0 Å². The molecule has 3 heteroatoms. The zero-order valence-electron chi connectivity index (χ0n) is 7.27. The van der Waals surface area contributed by atoms with E-state index in [0.717, 1.165) is 11.2 Å². The normalized spacial score (nSPS) is 16.6. The maximum atomic E-state index is 5.73. The molecule has 1 fully saturated rings. The van der Waals surface area contributed by atoms with Crippen LogP contribution in [0.3, 0.4) is 0 Å². The maximum absolute atomic E-state index is 5.73. The first-order valence-corrected chi connectivity index (χ1v) is 4.57. The Kier molecular flexibility index (Phi) is 1.20. The average Bonchev–Trinajstić information content (AvgIpc) is 2.87. The minimum atomic E-state index is 0.673. The predicted molar refractivity (Wildman–Crippen MR) is 52.4 cm³/mol. The summed E-state index contributed by atoms with van der Waals surface area (Å²) >= 11 is 0. The average molecular weight is 173 g/mol. The molecule has 1 saturated carbocycles. The number of nitrogens with two attached hydrogens (primary N) is 1. The second-order valence-electron chi connectivity index (χ2n) is 3.63. The molecular formula is C10H11N3. The molecule has 66 valence electrons. The molecule has 1 aromatic heterocycles. The molecule has 1 heterocycles. The van der Waals surface area contributed by atoms with E-state index in [1.54, 1.807) is 0 Å². The van der Waals surface area contributed by atoms with Crippen molar-refractivity contribution in [1.29, 1.82) is 0 Å². The van der Waals surface area contributed by atoms with Gasteiger partial charge >= 0.3 is 0 Å². The van der Waals surface area contributed by atoms with E-state index in [9.17, 15) is 0 Å². The van der Waals surface area contributed by atoms with E-state index in [4.69, 9.17) is 5.73 Å². The monoisotopic (exact) mass is 173 g/mol. The summed E-state index contributed by atoms with van der Waals surface area (Å²) in [6.07, 6.45) is 4.47. The van der Waals surface area contributed by atoms with Gasteiger partial charge in [-0.3, -0.25) is 0 Å². The van der Waals surface area contributed by atoms with E-state index in [1.165, 1.54) is 18.4 Å². The van der Waals surface area contributed by atoms with Crippen LogP contribution in [-0.2, 0) is 0 Å². The van der Waals surface area contributed by atoms with Crippen molar-refractivity contribution < 1.29 is 0 Å². The minimum Gasteiger partial charge on any atom is -0.399 e. The zero-order chi connectivity index (χ0) is 8.84. The lowest BCUT2D eigenvalue weighted by Crippen LogP contribution is -1.91. The fraction of sp³-hybridized carbons (Fsp3) is 0.300. The number of hydrogen-bond donors (Lipinski definition) is 1. The van der Waals surface area contributed by atoms with Crippen LogP contribution in [0.4, 0.5) is 5.69 Å². The van der Waals surface area contributed by atoms with Crippen molar-refractivity contribution in [2.75, 3.05) is 5.73 Å². The van der Waals surface area contributed by atoms with Gasteiger partial charge in [-0.2, -0.15) is 0 Å². The molecule has 13 heavy (non-hydrogen) atoms. The minimum absolute atomic E-state index is 0.673. The van der Waals surface area contributed by atoms with Crippen molar-refractivity contribution in [2.24, 2.45) is 0 Å². The van der Waals surface area contributed by atoms with Crippen molar-refractivity contribution in [3.05, 3.63) is 24.5 Å². The highest BCUT2D eigenvalue weighted by molar-refractivity contribution is 5.79. The Morgan fingerprint density at radius 2 is 2.23 bits per heavy atom. The van der Waals surface area contributed by atoms with E-state index in [0.29, 0.717) is 6.04 Å². The van der Waals surface area contributed by atoms with Crippen LogP contribution >= 0.6 is 0 Å². The van der Waals surface area contributed by atoms with Gasteiger partial charge in [0.1, 0.15) is 0 Å². The molecule has 0 saturated heterocycles. The van der Waals surface area contributed by atoms with Crippen LogP contribution in [0.2, 0.25) is 0 Å². The largest absolute Gasteiger partial charge is 0.399 e. The Bertz CT molecular complexity index is 454. The number of nitrogen functional groups attached to an aromatic ring is 1. The Labute approximate surface area is 76.2 Å². The van der Waals surface area contributed by atoms with Gasteiger partial charge in [0.15, 0.2) is 0 Å². The first-order valence-electron chi connectivity index (χ1n) is 4.57. The van der Waals surface area contributed by atoms with Crippen molar-refractivity contribution in [3.63, 3.8) is 0 Å². The number of nitrogens with zero attached hydrogens (tertiary/aromatic N) is 2.